The summed E-state index contributed by atoms with van der Waals surface area (Å²) in [5.41, 5.74) is 0.727. The maximum Gasteiger partial charge on any atom is 0.471 e. The molecule has 0 saturated heterocycles. The Balaban J connectivity index is 1.43. The average molecular weight is 636 g/mol. The monoisotopic (exact) mass is 635 g/mol. The lowest BCUT2D eigenvalue weighted by atomic mass is 10.0. The minimum atomic E-state index is -4.82. The summed E-state index contributed by atoms with van der Waals surface area (Å²) in [6.45, 7) is 0.202. The first-order chi connectivity index (χ1) is 21.0. The number of carboxylic acid groups (broad SMARTS) is 1. The van der Waals surface area contributed by atoms with E-state index in [2.05, 4.69) is 35.0 Å². The van der Waals surface area contributed by atoms with Gasteiger partial charge in [0.05, 0.1) is 12.6 Å². The van der Waals surface area contributed by atoms with Crippen LogP contribution in [0, 0.1) is 5.82 Å². The van der Waals surface area contributed by atoms with Gasteiger partial charge >= 0.3 is 23.7 Å². The highest BCUT2D eigenvalue weighted by atomic mass is 32.1. The molecule has 3 aromatic heterocycles. The highest BCUT2D eigenvalue weighted by molar-refractivity contribution is 7.12. The van der Waals surface area contributed by atoms with Gasteiger partial charge in [0.1, 0.15) is 19.3 Å². The van der Waals surface area contributed by atoms with Crippen LogP contribution in [-0.2, 0) is 6.18 Å². The number of aromatic nitrogens is 6. The summed E-state index contributed by atoms with van der Waals surface area (Å²) in [5.74, 6) is -4.52. The molecule has 4 heterocycles. The standard InChI is InChI=1S/C25H17F4N7O7S/c1-40-13-8-12(14(26)17-16(13)41-6-7-42-17)15(20-33-24(39)36(34-20)21-18(22(37)38)44-9-30-21)31-11-4-2-10(3-5-11)19-32-23(43-35-19)25(27,28)29/h2-5,8-9,15,31H,6-7H2,1H3,(H,37,38)(H,33,34,39). The molecule has 0 fully saturated rings. The molecule has 0 radical (unpaired) electrons. The quantitative estimate of drug-likeness (QED) is 0.210. The number of hydrogen-bond acceptors (Lipinski definition) is 12. The Hall–Kier alpha value is -5.46. The summed E-state index contributed by atoms with van der Waals surface area (Å²) >= 11 is 0.777. The smallest absolute Gasteiger partial charge is 0.471 e. The molecular formula is C25H17F4N7O7S. The minimum Gasteiger partial charge on any atom is -0.493 e. The lowest BCUT2D eigenvalue weighted by Crippen LogP contribution is -2.21. The first-order valence-corrected chi connectivity index (χ1v) is 13.2. The molecule has 1 unspecified atom stereocenters. The van der Waals surface area contributed by atoms with Crippen LogP contribution in [-0.4, -0.2) is 61.3 Å². The first kappa shape index (κ1) is 28.6. The van der Waals surface area contributed by atoms with Crippen LogP contribution in [0.2, 0.25) is 0 Å². The number of methoxy groups -OCH3 is 1. The molecular weight excluding hydrogens is 618 g/mol. The highest BCUT2D eigenvalue weighted by Gasteiger charge is 2.38. The number of carboxylic acids is 1. The second kappa shape index (κ2) is 11.0. The molecule has 1 atom stereocenters. The number of anilines is 1. The number of carbonyl (C=O) groups is 1. The van der Waals surface area contributed by atoms with Crippen LogP contribution in [0.1, 0.15) is 33.0 Å². The van der Waals surface area contributed by atoms with E-state index in [9.17, 15) is 27.9 Å². The van der Waals surface area contributed by atoms with Crippen LogP contribution in [0.25, 0.3) is 17.2 Å². The molecule has 19 heteroatoms. The van der Waals surface area contributed by atoms with E-state index < -0.39 is 35.6 Å². The van der Waals surface area contributed by atoms with Crippen molar-refractivity contribution in [3.05, 3.63) is 74.3 Å². The van der Waals surface area contributed by atoms with E-state index in [0.29, 0.717) is 5.69 Å². The van der Waals surface area contributed by atoms with Crippen LogP contribution in [0.3, 0.4) is 0 Å². The zero-order valence-corrected chi connectivity index (χ0v) is 22.8. The fraction of sp³-hybridized carbons (Fsp3) is 0.200. The number of H-pyrrole nitrogens is 1. The second-order valence-electron chi connectivity index (χ2n) is 8.95. The Morgan fingerprint density at radius 1 is 1.20 bits per heavy atom. The molecule has 3 N–H and O–H groups in total. The van der Waals surface area contributed by atoms with Crippen molar-refractivity contribution in [3.63, 3.8) is 0 Å². The summed E-state index contributed by atoms with van der Waals surface area (Å²) in [6, 6.07) is 5.71. The van der Waals surface area contributed by atoms with Crippen molar-refractivity contribution in [1.82, 2.24) is 29.9 Å². The number of fused-ring (bicyclic) bond motifs is 1. The zero-order valence-electron chi connectivity index (χ0n) is 22.0. The van der Waals surface area contributed by atoms with E-state index in [1.54, 1.807) is 0 Å². The molecule has 0 spiro atoms. The van der Waals surface area contributed by atoms with Gasteiger partial charge in [-0.15, -0.1) is 16.4 Å². The minimum absolute atomic E-state index is 0.0361. The molecule has 228 valence electrons. The molecule has 6 rings (SSSR count). The number of rotatable bonds is 8. The largest absolute Gasteiger partial charge is 0.493 e. The molecule has 2 aromatic carbocycles. The van der Waals surface area contributed by atoms with Gasteiger partial charge in [-0.25, -0.2) is 19.0 Å². The van der Waals surface area contributed by atoms with Gasteiger partial charge in [-0.1, -0.05) is 5.16 Å². The highest BCUT2D eigenvalue weighted by Crippen LogP contribution is 2.45. The third-order valence-electron chi connectivity index (χ3n) is 6.25. The summed E-state index contributed by atoms with van der Waals surface area (Å²) in [5, 5.41) is 20.1. The van der Waals surface area contributed by atoms with Crippen LogP contribution >= 0.6 is 11.3 Å². The molecule has 1 aliphatic heterocycles. The molecule has 0 bridgehead atoms. The normalized spacial score (nSPS) is 13.5. The van der Waals surface area contributed by atoms with Crippen LogP contribution in [0.4, 0.5) is 23.2 Å². The average Bonchev–Trinajstić information content (AvgIpc) is 3.77. The van der Waals surface area contributed by atoms with Gasteiger partial charge in [-0.2, -0.15) is 22.8 Å². The number of benzene rings is 2. The fourth-order valence-corrected chi connectivity index (χ4v) is 4.91. The number of aromatic amines is 1. The van der Waals surface area contributed by atoms with Gasteiger partial charge in [0.25, 0.3) is 0 Å². The topological polar surface area (TPSA) is 180 Å². The molecule has 14 nitrogen and oxygen atoms in total. The molecule has 0 aliphatic carbocycles. The number of alkyl halides is 3. The predicted octanol–water partition coefficient (Wildman–Crippen LogP) is 3.90. The number of aromatic carboxylic acids is 1. The predicted molar refractivity (Wildman–Crippen MR) is 141 cm³/mol. The van der Waals surface area contributed by atoms with Crippen molar-refractivity contribution in [3.8, 4) is 34.5 Å². The molecule has 0 amide bonds. The molecule has 1 aliphatic rings. The lowest BCUT2D eigenvalue weighted by molar-refractivity contribution is -0.159. The first-order valence-electron chi connectivity index (χ1n) is 12.4. The summed E-state index contributed by atoms with van der Waals surface area (Å²) in [7, 11) is 1.34. The summed E-state index contributed by atoms with van der Waals surface area (Å²) in [6.07, 6.45) is -4.82. The molecule has 0 saturated carbocycles. The van der Waals surface area contributed by atoms with Crippen molar-refractivity contribution >= 4 is 23.0 Å². The Labute approximate surface area is 245 Å². The van der Waals surface area contributed by atoms with Crippen molar-refractivity contribution in [2.75, 3.05) is 25.6 Å². The number of nitrogens with one attached hydrogen (secondary N) is 2. The molecule has 44 heavy (non-hydrogen) atoms. The fourth-order valence-electron chi connectivity index (χ4n) is 4.31. The van der Waals surface area contributed by atoms with E-state index in [0.717, 1.165) is 16.0 Å². The zero-order chi connectivity index (χ0) is 31.2. The van der Waals surface area contributed by atoms with Gasteiger partial charge < -0.3 is 29.2 Å². The van der Waals surface area contributed by atoms with Gasteiger partial charge in [0.15, 0.2) is 28.1 Å². The maximum absolute atomic E-state index is 16.0. The van der Waals surface area contributed by atoms with Crippen LogP contribution in [0.5, 0.6) is 17.2 Å². The van der Waals surface area contributed by atoms with Crippen LogP contribution in [0.15, 0.2) is 45.2 Å². The van der Waals surface area contributed by atoms with Crippen molar-refractivity contribution in [1.29, 1.82) is 0 Å². The van der Waals surface area contributed by atoms with E-state index in [1.165, 1.54) is 43.0 Å². The van der Waals surface area contributed by atoms with Gasteiger partial charge in [0.2, 0.25) is 17.3 Å². The third kappa shape index (κ3) is 5.16. The molecule has 5 aromatic rings. The number of halogens is 4. The van der Waals surface area contributed by atoms with E-state index >= 15 is 4.39 Å². The Kier molecular flexibility index (Phi) is 7.15. The van der Waals surface area contributed by atoms with Gasteiger partial charge in [-0.05, 0) is 30.3 Å². The SMILES string of the molecule is COc1cc(C(Nc2ccc(-c3noc(C(F)(F)F)n3)cc2)c2nn(-c3ncsc3C(=O)O)c(=O)[nH]2)c(F)c2c1OCCO2. The van der Waals surface area contributed by atoms with E-state index in [-0.39, 0.29) is 63.9 Å². The van der Waals surface area contributed by atoms with Crippen molar-refractivity contribution < 1.29 is 46.2 Å². The summed E-state index contributed by atoms with van der Waals surface area (Å²) in [4.78, 5) is 34.1. The third-order valence-corrected chi connectivity index (χ3v) is 7.05. The van der Waals surface area contributed by atoms with Crippen LogP contribution < -0.4 is 25.2 Å². The number of thiazole rings is 1. The van der Waals surface area contributed by atoms with Gasteiger partial charge in [0, 0.05) is 16.8 Å². The Morgan fingerprint density at radius 3 is 2.59 bits per heavy atom. The maximum atomic E-state index is 16.0. The van der Waals surface area contributed by atoms with Gasteiger partial charge in [-0.3, -0.25) is 4.98 Å². The summed E-state index contributed by atoms with van der Waals surface area (Å²) < 4.78 is 76.1. The lowest BCUT2D eigenvalue weighted by Gasteiger charge is -2.25. The van der Waals surface area contributed by atoms with E-state index in [4.69, 9.17) is 14.2 Å². The number of nitrogens with zero attached hydrogens (tertiary/aromatic N) is 5. The Bertz CT molecular complexity index is 1920. The second-order valence-corrected chi connectivity index (χ2v) is 9.81. The van der Waals surface area contributed by atoms with Crippen molar-refractivity contribution in [2.45, 2.75) is 12.2 Å². The van der Waals surface area contributed by atoms with Crippen molar-refractivity contribution in [2.24, 2.45) is 0 Å². The number of hydrogen-bond donors (Lipinski definition) is 3. The Morgan fingerprint density at radius 2 is 1.93 bits per heavy atom. The van der Waals surface area contributed by atoms with E-state index in [1.807, 2.05) is 0 Å². The number of ether oxygens (including phenoxy) is 3.